The van der Waals surface area contributed by atoms with E-state index in [1.54, 1.807) is 0 Å². The van der Waals surface area contributed by atoms with E-state index in [2.05, 4.69) is 19.2 Å². The summed E-state index contributed by atoms with van der Waals surface area (Å²) >= 11 is 0. The number of hydrogen-bond donors (Lipinski definition) is 1. The van der Waals surface area contributed by atoms with Crippen LogP contribution in [0.1, 0.15) is 65.2 Å². The molecule has 1 amide bonds. The molecule has 0 heterocycles. The maximum atomic E-state index is 12.2. The van der Waals surface area contributed by atoms with E-state index in [0.717, 1.165) is 37.1 Å². The molecule has 4 aliphatic rings. The number of carbonyl (C=O) groups excluding carboxylic acids is 1. The first-order valence-corrected chi connectivity index (χ1v) is 8.42. The van der Waals surface area contributed by atoms with Gasteiger partial charge in [0, 0.05) is 12.5 Å². The first kappa shape index (κ1) is 13.5. The Labute approximate surface area is 117 Å². The zero-order valence-corrected chi connectivity index (χ0v) is 12.6. The summed E-state index contributed by atoms with van der Waals surface area (Å²) in [4.78, 5) is 12.2. The number of hydrogen-bond acceptors (Lipinski definition) is 1. The molecule has 0 radical (unpaired) electrons. The SMILES string of the molecule is CCC(CC)C(=O)NCC12CC3CC(CC(C3)C1)C2. The van der Waals surface area contributed by atoms with E-state index in [4.69, 9.17) is 0 Å². The van der Waals surface area contributed by atoms with Crippen molar-refractivity contribution < 1.29 is 4.79 Å². The summed E-state index contributed by atoms with van der Waals surface area (Å²) in [6.07, 6.45) is 10.6. The van der Waals surface area contributed by atoms with Crippen LogP contribution in [0.2, 0.25) is 0 Å². The van der Waals surface area contributed by atoms with Gasteiger partial charge in [0.2, 0.25) is 5.91 Å². The van der Waals surface area contributed by atoms with Gasteiger partial charge in [0.15, 0.2) is 0 Å². The molecule has 4 rings (SSSR count). The van der Waals surface area contributed by atoms with Gasteiger partial charge in [-0.3, -0.25) is 4.79 Å². The maximum Gasteiger partial charge on any atom is 0.223 e. The van der Waals surface area contributed by atoms with Gasteiger partial charge in [-0.25, -0.2) is 0 Å². The number of amides is 1. The lowest BCUT2D eigenvalue weighted by Crippen LogP contribution is -2.51. The number of nitrogens with one attached hydrogen (secondary N) is 1. The van der Waals surface area contributed by atoms with Crippen LogP contribution in [-0.2, 0) is 4.79 Å². The van der Waals surface area contributed by atoms with E-state index in [1.165, 1.54) is 38.5 Å². The van der Waals surface area contributed by atoms with Gasteiger partial charge >= 0.3 is 0 Å². The van der Waals surface area contributed by atoms with Gasteiger partial charge in [-0.15, -0.1) is 0 Å². The van der Waals surface area contributed by atoms with Gasteiger partial charge in [0.05, 0.1) is 0 Å². The molecular weight excluding hydrogens is 234 g/mol. The van der Waals surface area contributed by atoms with Crippen LogP contribution in [0, 0.1) is 29.1 Å². The highest BCUT2D eigenvalue weighted by molar-refractivity contribution is 5.78. The predicted octanol–water partition coefficient (Wildman–Crippen LogP) is 3.76. The van der Waals surface area contributed by atoms with Crippen molar-refractivity contribution >= 4 is 5.91 Å². The van der Waals surface area contributed by atoms with E-state index in [9.17, 15) is 4.79 Å². The van der Waals surface area contributed by atoms with Crippen LogP contribution < -0.4 is 5.32 Å². The molecule has 0 atom stereocenters. The van der Waals surface area contributed by atoms with Gasteiger partial charge in [0.25, 0.3) is 0 Å². The molecule has 0 aromatic carbocycles. The molecule has 0 aliphatic heterocycles. The lowest BCUT2D eigenvalue weighted by Gasteiger charge is -2.57. The van der Waals surface area contributed by atoms with Crippen molar-refractivity contribution in [2.45, 2.75) is 65.2 Å². The summed E-state index contributed by atoms with van der Waals surface area (Å²) in [6, 6.07) is 0. The van der Waals surface area contributed by atoms with Crippen molar-refractivity contribution in [2.24, 2.45) is 29.1 Å². The van der Waals surface area contributed by atoms with Crippen LogP contribution >= 0.6 is 0 Å². The van der Waals surface area contributed by atoms with Crippen molar-refractivity contribution in [3.8, 4) is 0 Å². The summed E-state index contributed by atoms with van der Waals surface area (Å²) in [5.74, 6) is 3.48. The van der Waals surface area contributed by atoms with Crippen molar-refractivity contribution in [1.29, 1.82) is 0 Å². The fraction of sp³-hybridized carbons (Fsp3) is 0.941. The van der Waals surface area contributed by atoms with Gasteiger partial charge < -0.3 is 5.32 Å². The molecule has 1 N–H and O–H groups in total. The molecule has 4 bridgehead atoms. The second kappa shape index (κ2) is 5.10. The summed E-state index contributed by atoms with van der Waals surface area (Å²) in [7, 11) is 0. The van der Waals surface area contributed by atoms with E-state index < -0.39 is 0 Å². The molecule has 4 saturated carbocycles. The minimum Gasteiger partial charge on any atom is -0.355 e. The van der Waals surface area contributed by atoms with E-state index in [1.807, 2.05) is 0 Å². The summed E-state index contributed by atoms with van der Waals surface area (Å²) in [5.41, 5.74) is 0.483. The maximum absolute atomic E-state index is 12.2. The molecule has 19 heavy (non-hydrogen) atoms. The normalized spacial score (nSPS) is 39.8. The van der Waals surface area contributed by atoms with Gasteiger partial charge in [-0.1, -0.05) is 13.8 Å². The van der Waals surface area contributed by atoms with Crippen LogP contribution in [0.15, 0.2) is 0 Å². The Morgan fingerprint density at radius 3 is 1.95 bits per heavy atom. The van der Waals surface area contributed by atoms with E-state index in [0.29, 0.717) is 11.3 Å². The molecular formula is C17H29NO. The first-order chi connectivity index (χ1) is 9.14. The summed E-state index contributed by atoms with van der Waals surface area (Å²) < 4.78 is 0. The Morgan fingerprint density at radius 2 is 1.53 bits per heavy atom. The summed E-state index contributed by atoms with van der Waals surface area (Å²) in [6.45, 7) is 5.21. The van der Waals surface area contributed by atoms with Crippen molar-refractivity contribution in [3.05, 3.63) is 0 Å². The second-order valence-corrected chi connectivity index (χ2v) is 7.65. The molecule has 2 heteroatoms. The number of rotatable bonds is 5. The highest BCUT2D eigenvalue weighted by Crippen LogP contribution is 2.59. The average Bonchev–Trinajstić information content (AvgIpc) is 2.36. The van der Waals surface area contributed by atoms with Crippen LogP contribution in [0.3, 0.4) is 0 Å². The predicted molar refractivity (Wildman–Crippen MR) is 77.7 cm³/mol. The molecule has 0 unspecified atom stereocenters. The van der Waals surface area contributed by atoms with Crippen molar-refractivity contribution in [1.82, 2.24) is 5.32 Å². The third-order valence-electron chi connectivity index (χ3n) is 6.16. The van der Waals surface area contributed by atoms with Crippen molar-refractivity contribution in [2.75, 3.05) is 6.54 Å². The Bertz CT molecular complexity index is 310. The Hall–Kier alpha value is -0.530. The zero-order chi connectivity index (χ0) is 13.5. The average molecular weight is 263 g/mol. The lowest BCUT2D eigenvalue weighted by molar-refractivity contribution is -0.127. The highest BCUT2D eigenvalue weighted by Gasteiger charge is 2.50. The number of carbonyl (C=O) groups is 1. The third-order valence-corrected chi connectivity index (χ3v) is 6.16. The highest BCUT2D eigenvalue weighted by atomic mass is 16.1. The minimum absolute atomic E-state index is 0.230. The molecule has 2 nitrogen and oxygen atoms in total. The van der Waals surface area contributed by atoms with Crippen LogP contribution in [-0.4, -0.2) is 12.5 Å². The van der Waals surface area contributed by atoms with Gasteiger partial charge in [-0.2, -0.15) is 0 Å². The minimum atomic E-state index is 0.230. The molecule has 0 aromatic heterocycles. The Morgan fingerprint density at radius 1 is 1.05 bits per heavy atom. The molecule has 0 aromatic rings. The third kappa shape index (κ3) is 2.55. The molecule has 0 saturated heterocycles. The quantitative estimate of drug-likeness (QED) is 0.804. The standard InChI is InChI=1S/C17H29NO/c1-3-15(4-2)16(19)18-11-17-8-12-5-13(9-17)7-14(6-12)10-17/h12-15H,3-11H2,1-2H3,(H,18,19). The van der Waals surface area contributed by atoms with Crippen LogP contribution in [0.5, 0.6) is 0 Å². The second-order valence-electron chi connectivity index (χ2n) is 7.65. The van der Waals surface area contributed by atoms with Gasteiger partial charge in [-0.05, 0) is 74.5 Å². The lowest BCUT2D eigenvalue weighted by atomic mass is 9.49. The van der Waals surface area contributed by atoms with E-state index >= 15 is 0 Å². The molecule has 0 spiro atoms. The smallest absolute Gasteiger partial charge is 0.223 e. The van der Waals surface area contributed by atoms with Gasteiger partial charge in [0.1, 0.15) is 0 Å². The monoisotopic (exact) mass is 263 g/mol. The molecule has 108 valence electrons. The molecule has 4 aliphatic carbocycles. The van der Waals surface area contributed by atoms with E-state index in [-0.39, 0.29) is 5.92 Å². The molecule has 4 fully saturated rings. The largest absolute Gasteiger partial charge is 0.355 e. The Balaban J connectivity index is 1.59. The fourth-order valence-electron chi connectivity index (χ4n) is 5.58. The topological polar surface area (TPSA) is 29.1 Å². The van der Waals surface area contributed by atoms with Crippen LogP contribution in [0.25, 0.3) is 0 Å². The van der Waals surface area contributed by atoms with Crippen LogP contribution in [0.4, 0.5) is 0 Å². The van der Waals surface area contributed by atoms with Crippen molar-refractivity contribution in [3.63, 3.8) is 0 Å². The Kier molecular flexibility index (Phi) is 3.61. The first-order valence-electron chi connectivity index (χ1n) is 8.42. The summed E-state index contributed by atoms with van der Waals surface area (Å²) in [5, 5.41) is 3.30. The zero-order valence-electron chi connectivity index (χ0n) is 12.6. The fourth-order valence-corrected chi connectivity index (χ4v) is 5.58.